The molecule has 2 N–H and O–H groups in total. The number of hydrogen-bond donors (Lipinski definition) is 2. The quantitative estimate of drug-likeness (QED) is 0.878. The van der Waals surface area contributed by atoms with Gasteiger partial charge in [0.1, 0.15) is 0 Å². The molecule has 1 aliphatic carbocycles. The van der Waals surface area contributed by atoms with Gasteiger partial charge in [0.25, 0.3) is 0 Å². The summed E-state index contributed by atoms with van der Waals surface area (Å²) in [6.45, 7) is 0. The molecule has 0 spiro atoms. The zero-order chi connectivity index (χ0) is 15.0. The van der Waals surface area contributed by atoms with Gasteiger partial charge in [0.2, 0.25) is 11.8 Å². The maximum absolute atomic E-state index is 13.5. The van der Waals surface area contributed by atoms with E-state index in [4.69, 9.17) is 4.74 Å². The zero-order valence-electron chi connectivity index (χ0n) is 11.7. The number of ether oxygens (including phenoxy) is 1. The van der Waals surface area contributed by atoms with E-state index in [9.17, 15) is 14.0 Å². The number of methoxy groups -OCH3 is 1. The first-order valence-corrected chi connectivity index (χ1v) is 7.01. The molecule has 2 aliphatic rings. The van der Waals surface area contributed by atoms with Gasteiger partial charge in [-0.15, -0.1) is 0 Å². The monoisotopic (exact) mass is 292 g/mol. The van der Waals surface area contributed by atoms with Gasteiger partial charge in [0, 0.05) is 12.3 Å². The number of rotatable bonds is 4. The number of nitrogens with one attached hydrogen (secondary N) is 2. The lowest BCUT2D eigenvalue weighted by Gasteiger charge is -2.21. The van der Waals surface area contributed by atoms with Crippen LogP contribution in [0.1, 0.15) is 30.9 Å². The molecule has 0 aromatic heterocycles. The molecule has 3 rings (SSSR count). The lowest BCUT2D eigenvalue weighted by atomic mass is 10.00. The molecule has 1 saturated carbocycles. The molecule has 2 amide bonds. The summed E-state index contributed by atoms with van der Waals surface area (Å²) in [6, 6.07) is 3.81. The predicted molar refractivity (Wildman–Crippen MR) is 73.1 cm³/mol. The predicted octanol–water partition coefficient (Wildman–Crippen LogP) is 1.29. The largest absolute Gasteiger partial charge is 0.494 e. The summed E-state index contributed by atoms with van der Waals surface area (Å²) in [5, 5.41) is 5.74. The van der Waals surface area contributed by atoms with E-state index in [1.807, 2.05) is 0 Å². The molecule has 1 aliphatic heterocycles. The number of hydrogen-bond acceptors (Lipinski definition) is 3. The first kappa shape index (κ1) is 13.9. The van der Waals surface area contributed by atoms with Crippen LogP contribution in [0, 0.1) is 11.7 Å². The van der Waals surface area contributed by atoms with Gasteiger partial charge in [0.05, 0.1) is 19.2 Å². The van der Waals surface area contributed by atoms with Gasteiger partial charge in [-0.1, -0.05) is 6.07 Å². The van der Waals surface area contributed by atoms with Crippen molar-refractivity contribution < 1.29 is 18.7 Å². The average Bonchev–Trinajstić information content (AvgIpc) is 3.24. The first-order valence-electron chi connectivity index (χ1n) is 7.01. The molecule has 1 aromatic rings. The van der Waals surface area contributed by atoms with E-state index in [1.165, 1.54) is 13.2 Å². The summed E-state index contributed by atoms with van der Waals surface area (Å²) in [7, 11) is 1.39. The SMILES string of the molecule is COc1cc([C@@H]2NC(=O)C[C@H]2NC(=O)C2CC2)ccc1F. The van der Waals surface area contributed by atoms with Crippen LogP contribution in [0.4, 0.5) is 4.39 Å². The summed E-state index contributed by atoms with van der Waals surface area (Å²) in [5.41, 5.74) is 0.722. The van der Waals surface area contributed by atoms with Crippen LogP contribution in [0.25, 0.3) is 0 Å². The van der Waals surface area contributed by atoms with E-state index in [0.29, 0.717) is 0 Å². The summed E-state index contributed by atoms with van der Waals surface area (Å²) in [4.78, 5) is 23.5. The fourth-order valence-corrected chi connectivity index (χ4v) is 2.62. The van der Waals surface area contributed by atoms with Crippen molar-refractivity contribution in [3.63, 3.8) is 0 Å². The van der Waals surface area contributed by atoms with Crippen LogP contribution in [0.3, 0.4) is 0 Å². The van der Waals surface area contributed by atoms with Gasteiger partial charge >= 0.3 is 0 Å². The molecular weight excluding hydrogens is 275 g/mol. The van der Waals surface area contributed by atoms with Crippen molar-refractivity contribution in [2.75, 3.05) is 7.11 Å². The second kappa shape index (κ2) is 5.35. The van der Waals surface area contributed by atoms with Crippen molar-refractivity contribution in [1.82, 2.24) is 10.6 Å². The Bertz CT molecular complexity index is 586. The molecule has 0 bridgehead atoms. The third-order valence-electron chi connectivity index (χ3n) is 3.93. The van der Waals surface area contributed by atoms with Crippen LogP contribution in [0.2, 0.25) is 0 Å². The van der Waals surface area contributed by atoms with Crippen molar-refractivity contribution in [2.24, 2.45) is 5.92 Å². The number of halogens is 1. The molecule has 0 unspecified atom stereocenters. The Morgan fingerprint density at radius 2 is 2.19 bits per heavy atom. The zero-order valence-corrected chi connectivity index (χ0v) is 11.7. The molecule has 2 fully saturated rings. The van der Waals surface area contributed by atoms with Gasteiger partial charge in [-0.3, -0.25) is 9.59 Å². The van der Waals surface area contributed by atoms with Gasteiger partial charge in [-0.05, 0) is 30.5 Å². The van der Waals surface area contributed by atoms with Crippen LogP contribution in [-0.2, 0) is 9.59 Å². The maximum Gasteiger partial charge on any atom is 0.223 e. The van der Waals surface area contributed by atoms with E-state index in [-0.39, 0.29) is 42.0 Å². The van der Waals surface area contributed by atoms with Crippen LogP contribution in [0.15, 0.2) is 18.2 Å². The molecule has 2 atom stereocenters. The van der Waals surface area contributed by atoms with Crippen molar-refractivity contribution in [2.45, 2.75) is 31.3 Å². The highest BCUT2D eigenvalue weighted by molar-refractivity contribution is 5.85. The third kappa shape index (κ3) is 2.84. The lowest BCUT2D eigenvalue weighted by molar-refractivity contribution is -0.123. The van der Waals surface area contributed by atoms with Crippen molar-refractivity contribution in [1.29, 1.82) is 0 Å². The topological polar surface area (TPSA) is 67.4 Å². The van der Waals surface area contributed by atoms with Crippen molar-refractivity contribution >= 4 is 11.8 Å². The molecular formula is C15H17FN2O3. The maximum atomic E-state index is 13.5. The standard InChI is InChI=1S/C15H17FN2O3/c1-21-12-6-9(4-5-10(12)16)14-11(7-13(19)18-14)17-15(20)8-2-3-8/h4-6,8,11,14H,2-3,7H2,1H3,(H,17,20)(H,18,19)/t11-,14+/m1/s1. The Morgan fingerprint density at radius 3 is 2.86 bits per heavy atom. The minimum atomic E-state index is -0.455. The van der Waals surface area contributed by atoms with Gasteiger partial charge in [0.15, 0.2) is 11.6 Å². The highest BCUT2D eigenvalue weighted by Gasteiger charge is 2.38. The molecule has 1 heterocycles. The first-order chi connectivity index (χ1) is 10.1. The number of amides is 2. The van der Waals surface area contributed by atoms with E-state index in [2.05, 4.69) is 10.6 Å². The fourth-order valence-electron chi connectivity index (χ4n) is 2.62. The van der Waals surface area contributed by atoms with Gasteiger partial charge in [-0.25, -0.2) is 4.39 Å². The number of carbonyl (C=O) groups excluding carboxylic acids is 2. The Labute approximate surface area is 121 Å². The lowest BCUT2D eigenvalue weighted by Crippen LogP contribution is -2.39. The van der Waals surface area contributed by atoms with Crippen LogP contribution >= 0.6 is 0 Å². The minimum Gasteiger partial charge on any atom is -0.494 e. The summed E-state index contributed by atoms with van der Waals surface area (Å²) in [6.07, 6.45) is 2.06. The third-order valence-corrected chi connectivity index (χ3v) is 3.93. The van der Waals surface area contributed by atoms with E-state index in [0.717, 1.165) is 18.4 Å². The molecule has 1 aromatic carbocycles. The summed E-state index contributed by atoms with van der Waals surface area (Å²) in [5.74, 6) is -0.367. The summed E-state index contributed by atoms with van der Waals surface area (Å²) < 4.78 is 18.4. The van der Waals surface area contributed by atoms with Crippen molar-refractivity contribution in [3.8, 4) is 5.75 Å². The Kier molecular flexibility index (Phi) is 3.53. The highest BCUT2D eigenvalue weighted by atomic mass is 19.1. The second-order valence-electron chi connectivity index (χ2n) is 5.53. The molecule has 21 heavy (non-hydrogen) atoms. The molecule has 5 nitrogen and oxygen atoms in total. The summed E-state index contributed by atoms with van der Waals surface area (Å²) >= 11 is 0. The molecule has 112 valence electrons. The Morgan fingerprint density at radius 1 is 1.43 bits per heavy atom. The normalized spacial score (nSPS) is 24.6. The molecule has 0 radical (unpaired) electrons. The fraction of sp³-hybridized carbons (Fsp3) is 0.467. The second-order valence-corrected chi connectivity index (χ2v) is 5.53. The van der Waals surface area contributed by atoms with Crippen LogP contribution in [0.5, 0.6) is 5.75 Å². The highest BCUT2D eigenvalue weighted by Crippen LogP contribution is 2.32. The number of benzene rings is 1. The van der Waals surface area contributed by atoms with Crippen molar-refractivity contribution in [3.05, 3.63) is 29.6 Å². The minimum absolute atomic E-state index is 0.00410. The Balaban J connectivity index is 1.80. The number of carbonyl (C=O) groups is 2. The van der Waals surface area contributed by atoms with E-state index < -0.39 is 5.82 Å². The van der Waals surface area contributed by atoms with Crippen LogP contribution in [-0.4, -0.2) is 25.0 Å². The van der Waals surface area contributed by atoms with Crippen LogP contribution < -0.4 is 15.4 Å². The Hall–Kier alpha value is -2.11. The van der Waals surface area contributed by atoms with Gasteiger partial charge in [-0.2, -0.15) is 0 Å². The molecule has 1 saturated heterocycles. The van der Waals surface area contributed by atoms with Gasteiger partial charge < -0.3 is 15.4 Å². The smallest absolute Gasteiger partial charge is 0.223 e. The molecule has 6 heteroatoms. The average molecular weight is 292 g/mol. The van der Waals surface area contributed by atoms with E-state index in [1.54, 1.807) is 12.1 Å². The van der Waals surface area contributed by atoms with E-state index >= 15 is 0 Å².